The SMILES string of the molecule is O=C(O)CC(CCN1CCCC1)C(F)(F)F. The third-order valence-corrected chi connectivity index (χ3v) is 2.88. The van der Waals surface area contributed by atoms with Gasteiger partial charge in [0.25, 0.3) is 0 Å². The van der Waals surface area contributed by atoms with Gasteiger partial charge in [-0.3, -0.25) is 4.79 Å². The zero-order valence-electron chi connectivity index (χ0n) is 8.96. The first-order valence-corrected chi connectivity index (χ1v) is 5.40. The number of carbonyl (C=O) groups is 1. The Hall–Kier alpha value is -0.780. The normalized spacial score (nSPS) is 19.9. The predicted molar refractivity (Wildman–Crippen MR) is 52.1 cm³/mol. The molecule has 6 heteroatoms. The van der Waals surface area contributed by atoms with Gasteiger partial charge in [-0.1, -0.05) is 0 Å². The lowest BCUT2D eigenvalue weighted by molar-refractivity contribution is -0.185. The van der Waals surface area contributed by atoms with Crippen molar-refractivity contribution in [3.8, 4) is 0 Å². The molecule has 0 saturated carbocycles. The molecule has 1 atom stereocenters. The molecule has 0 spiro atoms. The van der Waals surface area contributed by atoms with E-state index in [1.807, 2.05) is 4.90 Å². The monoisotopic (exact) mass is 239 g/mol. The molecule has 1 saturated heterocycles. The first kappa shape index (κ1) is 13.3. The van der Waals surface area contributed by atoms with E-state index in [0.717, 1.165) is 25.9 Å². The van der Waals surface area contributed by atoms with E-state index in [0.29, 0.717) is 6.54 Å². The van der Waals surface area contributed by atoms with Gasteiger partial charge < -0.3 is 10.0 Å². The number of aliphatic carboxylic acids is 1. The third kappa shape index (κ3) is 4.38. The highest BCUT2D eigenvalue weighted by atomic mass is 19.4. The van der Waals surface area contributed by atoms with Gasteiger partial charge in [0.2, 0.25) is 0 Å². The van der Waals surface area contributed by atoms with Crippen LogP contribution < -0.4 is 0 Å². The van der Waals surface area contributed by atoms with Crippen LogP contribution in [-0.4, -0.2) is 41.8 Å². The molecule has 1 N–H and O–H groups in total. The zero-order chi connectivity index (χ0) is 12.2. The highest BCUT2D eigenvalue weighted by Gasteiger charge is 2.40. The summed E-state index contributed by atoms with van der Waals surface area (Å²) in [7, 11) is 0. The second-order valence-electron chi connectivity index (χ2n) is 4.17. The van der Waals surface area contributed by atoms with E-state index < -0.39 is 24.5 Å². The molecule has 3 nitrogen and oxygen atoms in total. The smallest absolute Gasteiger partial charge is 0.392 e. The number of hydrogen-bond donors (Lipinski definition) is 1. The van der Waals surface area contributed by atoms with Crippen molar-refractivity contribution in [2.75, 3.05) is 19.6 Å². The Kier molecular flexibility index (Phi) is 4.58. The molecule has 16 heavy (non-hydrogen) atoms. The number of halogens is 3. The molecule has 0 radical (unpaired) electrons. The molecule has 94 valence electrons. The molecule has 0 aliphatic carbocycles. The Balaban J connectivity index is 2.40. The minimum absolute atomic E-state index is 0.115. The van der Waals surface area contributed by atoms with E-state index >= 15 is 0 Å². The van der Waals surface area contributed by atoms with Crippen molar-refractivity contribution >= 4 is 5.97 Å². The second kappa shape index (κ2) is 5.52. The molecule has 0 aromatic carbocycles. The van der Waals surface area contributed by atoms with Crippen molar-refractivity contribution in [3.63, 3.8) is 0 Å². The van der Waals surface area contributed by atoms with Gasteiger partial charge in [-0.25, -0.2) is 0 Å². The first-order chi connectivity index (χ1) is 7.39. The fraction of sp³-hybridized carbons (Fsp3) is 0.900. The molecular weight excluding hydrogens is 223 g/mol. The number of nitrogens with zero attached hydrogens (tertiary/aromatic N) is 1. The summed E-state index contributed by atoms with van der Waals surface area (Å²) < 4.78 is 37.4. The molecule has 1 heterocycles. The maximum absolute atomic E-state index is 12.5. The number of carboxylic acids is 1. The van der Waals surface area contributed by atoms with E-state index in [1.165, 1.54) is 0 Å². The van der Waals surface area contributed by atoms with Gasteiger partial charge in [0.05, 0.1) is 12.3 Å². The van der Waals surface area contributed by atoms with E-state index in [9.17, 15) is 18.0 Å². The molecule has 1 fully saturated rings. The van der Waals surface area contributed by atoms with Gasteiger partial charge in [-0.15, -0.1) is 0 Å². The Morgan fingerprint density at radius 2 is 1.88 bits per heavy atom. The Bertz CT molecular complexity index is 237. The molecule has 0 bridgehead atoms. The molecular formula is C10H16F3NO2. The van der Waals surface area contributed by atoms with Crippen LogP contribution in [0.1, 0.15) is 25.7 Å². The quantitative estimate of drug-likeness (QED) is 0.799. The summed E-state index contributed by atoms with van der Waals surface area (Å²) >= 11 is 0. The second-order valence-corrected chi connectivity index (χ2v) is 4.17. The van der Waals surface area contributed by atoms with Crippen molar-refractivity contribution < 1.29 is 23.1 Å². The lowest BCUT2D eigenvalue weighted by Gasteiger charge is -2.21. The number of likely N-dealkylation sites (tertiary alicyclic amines) is 1. The van der Waals surface area contributed by atoms with Crippen molar-refractivity contribution in [2.24, 2.45) is 5.92 Å². The van der Waals surface area contributed by atoms with Crippen molar-refractivity contribution in [1.29, 1.82) is 0 Å². The fourth-order valence-corrected chi connectivity index (χ4v) is 1.94. The van der Waals surface area contributed by atoms with E-state index in [-0.39, 0.29) is 6.42 Å². The van der Waals surface area contributed by atoms with Crippen LogP contribution in [0.3, 0.4) is 0 Å². The van der Waals surface area contributed by atoms with Gasteiger partial charge in [0.15, 0.2) is 0 Å². The summed E-state index contributed by atoms with van der Waals surface area (Å²) in [5, 5.41) is 8.43. The van der Waals surface area contributed by atoms with Crippen molar-refractivity contribution in [3.05, 3.63) is 0 Å². The third-order valence-electron chi connectivity index (χ3n) is 2.88. The van der Waals surface area contributed by atoms with E-state index in [4.69, 9.17) is 5.11 Å². The summed E-state index contributed by atoms with van der Waals surface area (Å²) in [6.07, 6.45) is -3.30. The minimum atomic E-state index is -4.40. The van der Waals surface area contributed by atoms with Crippen LogP contribution in [0, 0.1) is 5.92 Å². The minimum Gasteiger partial charge on any atom is -0.481 e. The van der Waals surface area contributed by atoms with Crippen LogP contribution >= 0.6 is 0 Å². The van der Waals surface area contributed by atoms with Crippen molar-refractivity contribution in [2.45, 2.75) is 31.9 Å². The van der Waals surface area contributed by atoms with Crippen LogP contribution in [0.25, 0.3) is 0 Å². The van der Waals surface area contributed by atoms with Gasteiger partial charge >= 0.3 is 12.1 Å². The first-order valence-electron chi connectivity index (χ1n) is 5.40. The summed E-state index contributed by atoms with van der Waals surface area (Å²) in [6, 6.07) is 0. The number of rotatable bonds is 5. The molecule has 1 aliphatic rings. The highest BCUT2D eigenvalue weighted by molar-refractivity contribution is 5.67. The van der Waals surface area contributed by atoms with E-state index in [2.05, 4.69) is 0 Å². The maximum Gasteiger partial charge on any atom is 0.392 e. The van der Waals surface area contributed by atoms with Crippen LogP contribution in [0.15, 0.2) is 0 Å². The van der Waals surface area contributed by atoms with Gasteiger partial charge in [-0.05, 0) is 38.9 Å². The molecule has 1 rings (SSSR count). The van der Waals surface area contributed by atoms with Crippen LogP contribution in [-0.2, 0) is 4.79 Å². The topological polar surface area (TPSA) is 40.5 Å². The Morgan fingerprint density at radius 3 is 2.31 bits per heavy atom. The van der Waals surface area contributed by atoms with Crippen LogP contribution in [0.5, 0.6) is 0 Å². The lowest BCUT2D eigenvalue weighted by atomic mass is 10.0. The number of alkyl halides is 3. The summed E-state index contributed by atoms with van der Waals surface area (Å²) in [4.78, 5) is 12.3. The molecule has 1 aliphatic heterocycles. The molecule has 0 aromatic heterocycles. The molecule has 0 amide bonds. The Labute approximate surface area is 92.2 Å². The van der Waals surface area contributed by atoms with Gasteiger partial charge in [0.1, 0.15) is 0 Å². The molecule has 0 aromatic rings. The predicted octanol–water partition coefficient (Wildman–Crippen LogP) is 2.13. The molecule has 1 unspecified atom stereocenters. The number of hydrogen-bond acceptors (Lipinski definition) is 2. The zero-order valence-corrected chi connectivity index (χ0v) is 8.96. The van der Waals surface area contributed by atoms with Gasteiger partial charge in [-0.2, -0.15) is 13.2 Å². The van der Waals surface area contributed by atoms with Crippen LogP contribution in [0.4, 0.5) is 13.2 Å². The summed E-state index contributed by atoms with van der Waals surface area (Å²) in [6.45, 7) is 2.01. The summed E-state index contributed by atoms with van der Waals surface area (Å²) in [5.74, 6) is -3.10. The van der Waals surface area contributed by atoms with E-state index in [1.54, 1.807) is 0 Å². The highest BCUT2D eigenvalue weighted by Crippen LogP contribution is 2.31. The van der Waals surface area contributed by atoms with Crippen molar-refractivity contribution in [1.82, 2.24) is 4.90 Å². The lowest BCUT2D eigenvalue weighted by Crippen LogP contribution is -2.30. The standard InChI is InChI=1S/C10H16F3NO2/c11-10(12,13)8(7-9(15)16)3-6-14-4-1-2-5-14/h8H,1-7H2,(H,15,16). The maximum atomic E-state index is 12.5. The Morgan fingerprint density at radius 1 is 1.31 bits per heavy atom. The van der Waals surface area contributed by atoms with Gasteiger partial charge in [0, 0.05) is 0 Å². The fourth-order valence-electron chi connectivity index (χ4n) is 1.94. The van der Waals surface area contributed by atoms with Crippen LogP contribution in [0.2, 0.25) is 0 Å². The largest absolute Gasteiger partial charge is 0.481 e. The summed E-state index contributed by atoms with van der Waals surface area (Å²) in [5.41, 5.74) is 0. The average Bonchev–Trinajstić information content (AvgIpc) is 2.62. The average molecular weight is 239 g/mol. The number of carboxylic acid groups (broad SMARTS) is 1.